The number of nitrogens with one attached hydrogen (secondary N) is 2. The van der Waals surface area contributed by atoms with Gasteiger partial charge in [0.05, 0.1) is 5.54 Å². The summed E-state index contributed by atoms with van der Waals surface area (Å²) in [4.78, 5) is 26.2. The summed E-state index contributed by atoms with van der Waals surface area (Å²) >= 11 is 0. The van der Waals surface area contributed by atoms with Crippen molar-refractivity contribution in [2.75, 3.05) is 5.32 Å². The Hall–Kier alpha value is -3.09. The van der Waals surface area contributed by atoms with E-state index in [1.54, 1.807) is 11.5 Å². The number of anilines is 1. The molecule has 2 aromatic rings. The number of ether oxygens (including phenoxy) is 1. The van der Waals surface area contributed by atoms with E-state index in [1.165, 1.54) is 0 Å². The van der Waals surface area contributed by atoms with Crippen LogP contribution in [0.15, 0.2) is 12.1 Å². The van der Waals surface area contributed by atoms with E-state index < -0.39 is 41.2 Å². The van der Waals surface area contributed by atoms with Crippen LogP contribution in [-0.2, 0) is 17.7 Å². The first-order valence-electron chi connectivity index (χ1n) is 10.4. The van der Waals surface area contributed by atoms with Crippen LogP contribution < -0.4 is 10.6 Å². The van der Waals surface area contributed by atoms with E-state index in [0.717, 1.165) is 25.0 Å². The van der Waals surface area contributed by atoms with Crippen LogP contribution >= 0.6 is 0 Å². The number of carbonyl (C=O) groups excluding carboxylic acids is 2. The zero-order valence-electron chi connectivity index (χ0n) is 17.2. The maximum Gasteiger partial charge on any atom is 0.272 e. The first-order valence-corrected chi connectivity index (χ1v) is 10.4. The molecule has 9 heteroatoms. The summed E-state index contributed by atoms with van der Waals surface area (Å²) in [6.07, 6.45) is 7.44. The first kappa shape index (κ1) is 20.8. The summed E-state index contributed by atoms with van der Waals surface area (Å²) in [6, 6.07) is 1.41. The number of nitrogens with zero attached hydrogens (tertiary/aromatic N) is 1. The predicted octanol–water partition coefficient (Wildman–Crippen LogP) is 3.08. The molecule has 1 saturated heterocycles. The van der Waals surface area contributed by atoms with Gasteiger partial charge in [-0.15, -0.1) is 6.42 Å². The molecule has 3 heterocycles. The fourth-order valence-electron chi connectivity index (χ4n) is 4.45. The Balaban J connectivity index is 1.41. The van der Waals surface area contributed by atoms with Crippen molar-refractivity contribution < 1.29 is 27.5 Å². The van der Waals surface area contributed by atoms with Gasteiger partial charge in [-0.25, -0.2) is 13.2 Å². The summed E-state index contributed by atoms with van der Waals surface area (Å²) in [6.45, 7) is 2.19. The van der Waals surface area contributed by atoms with E-state index in [-0.39, 0.29) is 17.2 Å². The molecule has 1 aromatic heterocycles. The fraction of sp³-hybridized carbons (Fsp3) is 0.391. The Kier molecular flexibility index (Phi) is 4.69. The molecule has 1 aliphatic carbocycles. The molecule has 2 aliphatic heterocycles. The monoisotopic (exact) mass is 443 g/mol. The van der Waals surface area contributed by atoms with Crippen molar-refractivity contribution in [3.05, 3.63) is 52.1 Å². The van der Waals surface area contributed by atoms with Gasteiger partial charge in [-0.2, -0.15) is 0 Å². The van der Waals surface area contributed by atoms with Gasteiger partial charge in [0.25, 0.3) is 5.91 Å². The Bertz CT molecular complexity index is 1190. The Morgan fingerprint density at radius 1 is 1.25 bits per heavy atom. The van der Waals surface area contributed by atoms with E-state index in [4.69, 9.17) is 11.2 Å². The number of fused-ring (bicyclic) bond motifs is 1. The summed E-state index contributed by atoms with van der Waals surface area (Å²) in [5.41, 5.74) is 1.26. The van der Waals surface area contributed by atoms with Crippen molar-refractivity contribution in [3.8, 4) is 12.3 Å². The molecule has 2 unspecified atom stereocenters. The molecule has 2 fully saturated rings. The van der Waals surface area contributed by atoms with Gasteiger partial charge >= 0.3 is 0 Å². The number of hydrogen-bond acceptors (Lipinski definition) is 4. The van der Waals surface area contributed by atoms with E-state index in [1.807, 2.05) is 0 Å². The zero-order chi connectivity index (χ0) is 22.8. The number of rotatable bonds is 6. The van der Waals surface area contributed by atoms with Gasteiger partial charge in [-0.3, -0.25) is 14.9 Å². The minimum absolute atomic E-state index is 0.217. The van der Waals surface area contributed by atoms with Gasteiger partial charge in [-0.05, 0) is 38.2 Å². The number of aromatic nitrogens is 1. The molecule has 0 spiro atoms. The Morgan fingerprint density at radius 3 is 2.56 bits per heavy atom. The van der Waals surface area contributed by atoms with Crippen molar-refractivity contribution in [3.63, 3.8) is 0 Å². The molecule has 0 bridgehead atoms. The molecule has 2 atom stereocenters. The Morgan fingerprint density at radius 2 is 1.94 bits per heavy atom. The third-order valence-electron chi connectivity index (χ3n) is 6.31. The normalized spacial score (nSPS) is 22.2. The molecule has 1 amide bonds. The highest BCUT2D eigenvalue weighted by atomic mass is 19.2. The molecule has 1 saturated carbocycles. The summed E-state index contributed by atoms with van der Waals surface area (Å²) < 4.78 is 47.6. The molecule has 5 rings (SSSR count). The molecular formula is C23H20F3N3O3. The number of carbonyl (C=O) groups is 2. The van der Waals surface area contributed by atoms with Crippen LogP contribution in [0.5, 0.6) is 0 Å². The maximum absolute atomic E-state index is 13.5. The van der Waals surface area contributed by atoms with Crippen LogP contribution in [0.3, 0.4) is 0 Å². The van der Waals surface area contributed by atoms with Gasteiger partial charge < -0.3 is 14.6 Å². The highest BCUT2D eigenvalue weighted by Crippen LogP contribution is 2.40. The first-order chi connectivity index (χ1) is 15.2. The van der Waals surface area contributed by atoms with Gasteiger partial charge in [-0.1, -0.05) is 5.92 Å². The molecule has 3 aliphatic rings. The highest BCUT2D eigenvalue weighted by molar-refractivity contribution is 6.10. The minimum Gasteiger partial charge on any atom is -0.344 e. The van der Waals surface area contributed by atoms with Crippen molar-refractivity contribution in [2.24, 2.45) is 0 Å². The summed E-state index contributed by atoms with van der Waals surface area (Å²) in [5, 5.41) is 5.60. The van der Waals surface area contributed by atoms with Crippen molar-refractivity contribution in [1.29, 1.82) is 0 Å². The lowest BCUT2D eigenvalue weighted by Crippen LogP contribution is -2.34. The standard InChI is InChI=1S/C23H20F3N3O3/c1-3-23(6-7-23)28-22-20(32-22)19(30)16-11(2)18(29-8-4-5-15(16)29)21(31)27-12-9-13(24)17(26)14(25)10-12/h1,9-10,20,22,28H,4-8H2,2H3,(H,27,31). The maximum atomic E-state index is 13.5. The van der Waals surface area contributed by atoms with Crippen molar-refractivity contribution >= 4 is 17.4 Å². The van der Waals surface area contributed by atoms with Crippen LogP contribution in [-0.4, -0.2) is 34.1 Å². The topological polar surface area (TPSA) is 75.7 Å². The number of Topliss-reactive ketones (excluding diaryl/α,β-unsaturated/α-hetero) is 1. The number of hydrogen-bond donors (Lipinski definition) is 2. The molecular weight excluding hydrogens is 423 g/mol. The molecule has 6 nitrogen and oxygen atoms in total. The lowest BCUT2D eigenvalue weighted by atomic mass is 10.0. The molecule has 2 N–H and O–H groups in total. The fourth-order valence-corrected chi connectivity index (χ4v) is 4.45. The number of benzene rings is 1. The number of ketones is 1. The Labute approximate surface area is 182 Å². The van der Waals surface area contributed by atoms with Gasteiger partial charge in [0.15, 0.2) is 29.3 Å². The van der Waals surface area contributed by atoms with E-state index in [0.29, 0.717) is 36.2 Å². The lowest BCUT2D eigenvalue weighted by molar-refractivity contribution is 0.0952. The molecule has 166 valence electrons. The van der Waals surface area contributed by atoms with Crippen LogP contribution in [0.2, 0.25) is 0 Å². The third kappa shape index (κ3) is 3.31. The number of terminal acetylenes is 1. The van der Waals surface area contributed by atoms with Gasteiger partial charge in [0.2, 0.25) is 0 Å². The van der Waals surface area contributed by atoms with Gasteiger partial charge in [0, 0.05) is 35.6 Å². The largest absolute Gasteiger partial charge is 0.344 e. The predicted molar refractivity (Wildman–Crippen MR) is 109 cm³/mol. The average molecular weight is 443 g/mol. The highest BCUT2D eigenvalue weighted by Gasteiger charge is 2.53. The van der Waals surface area contributed by atoms with Gasteiger partial charge in [0.1, 0.15) is 11.9 Å². The van der Waals surface area contributed by atoms with Crippen molar-refractivity contribution in [1.82, 2.24) is 9.88 Å². The van der Waals surface area contributed by atoms with Crippen LogP contribution in [0, 0.1) is 36.7 Å². The summed E-state index contributed by atoms with van der Waals surface area (Å²) in [5.74, 6) is -2.58. The van der Waals surface area contributed by atoms with Crippen LogP contribution in [0.25, 0.3) is 0 Å². The number of amides is 1. The third-order valence-corrected chi connectivity index (χ3v) is 6.31. The summed E-state index contributed by atoms with van der Waals surface area (Å²) in [7, 11) is 0. The van der Waals surface area contributed by atoms with E-state index in [2.05, 4.69) is 16.6 Å². The molecule has 1 aromatic carbocycles. The quantitative estimate of drug-likeness (QED) is 0.312. The SMILES string of the molecule is C#CC1(NC2OC2C(=O)c2c(C)c(C(=O)Nc3cc(F)c(F)c(F)c3)n3c2CCC3)CC1. The average Bonchev–Trinajstić information content (AvgIpc) is 3.63. The molecule has 32 heavy (non-hydrogen) atoms. The number of epoxide rings is 1. The minimum atomic E-state index is -1.61. The van der Waals surface area contributed by atoms with E-state index in [9.17, 15) is 22.8 Å². The van der Waals surface area contributed by atoms with E-state index >= 15 is 0 Å². The van der Waals surface area contributed by atoms with Crippen LogP contribution in [0.4, 0.5) is 18.9 Å². The van der Waals surface area contributed by atoms with Crippen molar-refractivity contribution in [2.45, 2.75) is 57.0 Å². The second-order valence-electron chi connectivity index (χ2n) is 8.47. The molecule has 0 radical (unpaired) electrons. The second-order valence-corrected chi connectivity index (χ2v) is 8.47. The zero-order valence-corrected chi connectivity index (χ0v) is 17.2. The smallest absolute Gasteiger partial charge is 0.272 e. The van der Waals surface area contributed by atoms with Crippen LogP contribution in [0.1, 0.15) is 51.4 Å². The lowest BCUT2D eigenvalue weighted by Gasteiger charge is -2.10. The number of halogens is 3. The second kappa shape index (κ2) is 7.22.